The van der Waals surface area contributed by atoms with Gasteiger partial charge in [0.1, 0.15) is 6.42 Å². The Morgan fingerprint density at radius 3 is 2.50 bits per heavy atom. The summed E-state index contributed by atoms with van der Waals surface area (Å²) in [4.78, 5) is 20.6. The minimum atomic E-state index is -1.14. The van der Waals surface area contributed by atoms with Gasteiger partial charge in [0, 0.05) is 0 Å². The normalized spacial score (nSPS) is 9.42. The van der Waals surface area contributed by atoms with E-state index in [0.717, 1.165) is 19.3 Å². The van der Waals surface area contributed by atoms with Crippen molar-refractivity contribution in [3.63, 3.8) is 0 Å². The van der Waals surface area contributed by atoms with E-state index in [1.165, 1.54) is 0 Å². The fourth-order valence-corrected chi connectivity index (χ4v) is 0.713. The van der Waals surface area contributed by atoms with Gasteiger partial charge in [0.2, 0.25) is 0 Å². The van der Waals surface area contributed by atoms with E-state index in [1.54, 1.807) is 0 Å². The quantitative estimate of drug-likeness (QED) is 0.373. The molecule has 0 saturated carbocycles. The highest BCUT2D eigenvalue weighted by atomic mass is 16.5. The highest BCUT2D eigenvalue weighted by Gasteiger charge is 2.07. The first-order valence-corrected chi connectivity index (χ1v) is 4.04. The molecule has 0 rings (SSSR count). The fourth-order valence-electron chi connectivity index (χ4n) is 0.713. The van der Waals surface area contributed by atoms with E-state index in [0.29, 0.717) is 6.61 Å². The lowest BCUT2D eigenvalue weighted by atomic mass is 10.3. The Labute approximate surface area is 71.5 Å². The molecule has 0 unspecified atom stereocenters. The number of carbonyl (C=O) groups excluding carboxylic acids is 1. The van der Waals surface area contributed by atoms with Gasteiger partial charge in [0.05, 0.1) is 6.61 Å². The Hall–Kier alpha value is -1.06. The minimum absolute atomic E-state index is 0.333. The third kappa shape index (κ3) is 7.05. The molecule has 0 aromatic carbocycles. The largest absolute Gasteiger partial charge is 0.481 e. The van der Waals surface area contributed by atoms with E-state index in [9.17, 15) is 9.59 Å². The van der Waals surface area contributed by atoms with Gasteiger partial charge in [-0.15, -0.1) is 0 Å². The molecule has 0 heterocycles. The van der Waals surface area contributed by atoms with Crippen molar-refractivity contribution in [3.05, 3.63) is 0 Å². The fraction of sp³-hybridized carbons (Fsp3) is 0.750. The molecule has 0 bridgehead atoms. The van der Waals surface area contributed by atoms with Crippen molar-refractivity contribution >= 4 is 11.9 Å². The van der Waals surface area contributed by atoms with Crippen LogP contribution < -0.4 is 0 Å². The summed E-state index contributed by atoms with van der Waals surface area (Å²) < 4.78 is 4.64. The molecule has 70 valence electrons. The number of carboxylic acids is 1. The molecule has 0 amide bonds. The summed E-state index contributed by atoms with van der Waals surface area (Å²) in [6, 6.07) is 0. The first-order chi connectivity index (χ1) is 5.66. The average Bonchev–Trinajstić information content (AvgIpc) is 1.97. The van der Waals surface area contributed by atoms with Gasteiger partial charge in [-0.2, -0.15) is 0 Å². The topological polar surface area (TPSA) is 63.6 Å². The summed E-state index contributed by atoms with van der Waals surface area (Å²) in [6.45, 7) is 2.37. The molecule has 0 saturated heterocycles. The Kier molecular flexibility index (Phi) is 6.05. The number of ether oxygens (including phenoxy) is 1. The SMILES string of the molecule is CCCCCOC(=O)CC(=O)O. The predicted octanol–water partition coefficient (Wildman–Crippen LogP) is 1.19. The molecule has 0 spiro atoms. The van der Waals surface area contributed by atoms with Gasteiger partial charge in [-0.25, -0.2) is 0 Å². The summed E-state index contributed by atoms with van der Waals surface area (Å²) in [5, 5.41) is 8.19. The molecule has 0 radical (unpaired) electrons. The number of carboxylic acid groups (broad SMARTS) is 1. The van der Waals surface area contributed by atoms with Crippen molar-refractivity contribution in [3.8, 4) is 0 Å². The molecule has 0 aliphatic rings. The second kappa shape index (κ2) is 6.64. The number of carbonyl (C=O) groups is 2. The van der Waals surface area contributed by atoms with Gasteiger partial charge in [-0.05, 0) is 6.42 Å². The number of hydrogen-bond acceptors (Lipinski definition) is 3. The molecule has 0 aliphatic carbocycles. The molecular formula is C8H14O4. The van der Waals surface area contributed by atoms with Gasteiger partial charge >= 0.3 is 11.9 Å². The van der Waals surface area contributed by atoms with E-state index in [-0.39, 0.29) is 0 Å². The second-order valence-electron chi connectivity index (χ2n) is 2.50. The maximum atomic E-state index is 10.6. The monoisotopic (exact) mass is 174 g/mol. The smallest absolute Gasteiger partial charge is 0.317 e. The van der Waals surface area contributed by atoms with Crippen LogP contribution >= 0.6 is 0 Å². The van der Waals surface area contributed by atoms with Gasteiger partial charge in [0.25, 0.3) is 0 Å². The van der Waals surface area contributed by atoms with E-state index < -0.39 is 18.4 Å². The lowest BCUT2D eigenvalue weighted by Gasteiger charge is -2.01. The number of esters is 1. The zero-order valence-electron chi connectivity index (χ0n) is 7.21. The lowest BCUT2D eigenvalue weighted by Crippen LogP contribution is -2.11. The van der Waals surface area contributed by atoms with Crippen LogP contribution in [0.5, 0.6) is 0 Å². The second-order valence-corrected chi connectivity index (χ2v) is 2.50. The molecule has 0 aromatic rings. The molecule has 12 heavy (non-hydrogen) atoms. The third-order valence-electron chi connectivity index (χ3n) is 1.31. The standard InChI is InChI=1S/C8H14O4/c1-2-3-4-5-12-8(11)6-7(9)10/h2-6H2,1H3,(H,9,10). The van der Waals surface area contributed by atoms with Crippen LogP contribution in [0.15, 0.2) is 0 Å². The van der Waals surface area contributed by atoms with Crippen LogP contribution in [0.25, 0.3) is 0 Å². The zero-order valence-corrected chi connectivity index (χ0v) is 7.21. The number of aliphatic carboxylic acids is 1. The van der Waals surface area contributed by atoms with Crippen LogP contribution in [0.3, 0.4) is 0 Å². The van der Waals surface area contributed by atoms with Crippen molar-refractivity contribution in [2.24, 2.45) is 0 Å². The van der Waals surface area contributed by atoms with E-state index >= 15 is 0 Å². The predicted molar refractivity (Wildman–Crippen MR) is 42.7 cm³/mol. The molecule has 0 aromatic heterocycles. The summed E-state index contributed by atoms with van der Waals surface area (Å²) >= 11 is 0. The third-order valence-corrected chi connectivity index (χ3v) is 1.31. The van der Waals surface area contributed by atoms with Crippen molar-refractivity contribution in [1.82, 2.24) is 0 Å². The van der Waals surface area contributed by atoms with Crippen LogP contribution in [0, 0.1) is 0 Å². The molecule has 4 nitrogen and oxygen atoms in total. The Morgan fingerprint density at radius 1 is 1.33 bits per heavy atom. The maximum absolute atomic E-state index is 10.6. The molecule has 4 heteroatoms. The van der Waals surface area contributed by atoms with Gasteiger partial charge in [0.15, 0.2) is 0 Å². The Morgan fingerprint density at radius 2 is 2.00 bits per heavy atom. The van der Waals surface area contributed by atoms with Crippen LogP contribution in [-0.2, 0) is 14.3 Å². The highest BCUT2D eigenvalue weighted by Crippen LogP contribution is 1.95. The van der Waals surface area contributed by atoms with Crippen LogP contribution in [0.4, 0.5) is 0 Å². The maximum Gasteiger partial charge on any atom is 0.317 e. The van der Waals surface area contributed by atoms with Crippen LogP contribution in [0.2, 0.25) is 0 Å². The van der Waals surface area contributed by atoms with Crippen molar-refractivity contribution < 1.29 is 19.4 Å². The van der Waals surface area contributed by atoms with Crippen molar-refractivity contribution in [1.29, 1.82) is 0 Å². The molecule has 0 atom stereocenters. The molecule has 0 aliphatic heterocycles. The summed E-state index contributed by atoms with van der Waals surface area (Å²) in [5.74, 6) is -1.80. The Balaban J connectivity index is 3.26. The number of hydrogen-bond donors (Lipinski definition) is 1. The van der Waals surface area contributed by atoms with E-state index in [2.05, 4.69) is 4.74 Å². The minimum Gasteiger partial charge on any atom is -0.481 e. The summed E-state index contributed by atoms with van der Waals surface area (Å²) in [5.41, 5.74) is 0. The molecule has 1 N–H and O–H groups in total. The summed E-state index contributed by atoms with van der Waals surface area (Å²) in [7, 11) is 0. The van der Waals surface area contributed by atoms with Crippen molar-refractivity contribution in [2.45, 2.75) is 32.6 Å². The van der Waals surface area contributed by atoms with E-state index in [1.807, 2.05) is 6.92 Å². The first kappa shape index (κ1) is 10.9. The van der Waals surface area contributed by atoms with Crippen LogP contribution in [0.1, 0.15) is 32.6 Å². The number of unbranched alkanes of at least 4 members (excludes halogenated alkanes) is 2. The number of rotatable bonds is 6. The van der Waals surface area contributed by atoms with Gasteiger partial charge in [-0.1, -0.05) is 19.8 Å². The zero-order chi connectivity index (χ0) is 9.40. The Bertz CT molecular complexity index is 153. The van der Waals surface area contributed by atoms with Crippen LogP contribution in [-0.4, -0.2) is 23.7 Å². The highest BCUT2D eigenvalue weighted by molar-refractivity contribution is 5.90. The van der Waals surface area contributed by atoms with Gasteiger partial charge in [-0.3, -0.25) is 9.59 Å². The molecular weight excluding hydrogens is 160 g/mol. The van der Waals surface area contributed by atoms with Crippen molar-refractivity contribution in [2.75, 3.05) is 6.61 Å². The molecule has 0 fully saturated rings. The summed E-state index contributed by atoms with van der Waals surface area (Å²) in [6.07, 6.45) is 2.32. The van der Waals surface area contributed by atoms with Gasteiger partial charge < -0.3 is 9.84 Å². The lowest BCUT2D eigenvalue weighted by molar-refractivity contribution is -0.151. The first-order valence-electron chi connectivity index (χ1n) is 4.04. The van der Waals surface area contributed by atoms with E-state index in [4.69, 9.17) is 5.11 Å². The average molecular weight is 174 g/mol.